The highest BCUT2D eigenvalue weighted by atomic mass is 16.2. The Hall–Kier alpha value is -2.83. The number of nitrogens with zero attached hydrogens (tertiary/aromatic N) is 2. The van der Waals surface area contributed by atoms with Gasteiger partial charge in [-0.2, -0.15) is 5.10 Å². The summed E-state index contributed by atoms with van der Waals surface area (Å²) in [6, 6.07) is 8.15. The second kappa shape index (κ2) is 6.08. The van der Waals surface area contributed by atoms with E-state index in [2.05, 4.69) is 15.7 Å². The molecule has 0 spiro atoms. The molecule has 0 aliphatic rings. The Morgan fingerprint density at radius 1 is 1.29 bits per heavy atom. The lowest BCUT2D eigenvalue weighted by Gasteiger charge is -2.10. The number of nitrogens with one attached hydrogen (secondary N) is 2. The highest BCUT2D eigenvalue weighted by Crippen LogP contribution is 2.15. The minimum absolute atomic E-state index is 0.217. The van der Waals surface area contributed by atoms with Gasteiger partial charge in [0, 0.05) is 13.2 Å². The van der Waals surface area contributed by atoms with Crippen LogP contribution in [0.5, 0.6) is 0 Å². The first kappa shape index (κ1) is 14.6. The Kier molecular flexibility index (Phi) is 4.22. The number of aromatic nitrogens is 2. The van der Waals surface area contributed by atoms with E-state index in [1.54, 1.807) is 31.3 Å². The first-order valence-electron chi connectivity index (χ1n) is 6.46. The van der Waals surface area contributed by atoms with E-state index in [-0.39, 0.29) is 11.6 Å². The summed E-state index contributed by atoms with van der Waals surface area (Å²) >= 11 is 0. The van der Waals surface area contributed by atoms with E-state index in [1.807, 2.05) is 12.1 Å². The van der Waals surface area contributed by atoms with Crippen LogP contribution in [0, 0.1) is 0 Å². The van der Waals surface area contributed by atoms with E-state index in [4.69, 9.17) is 5.73 Å². The van der Waals surface area contributed by atoms with E-state index in [0.717, 1.165) is 0 Å². The van der Waals surface area contributed by atoms with Crippen molar-refractivity contribution >= 4 is 17.5 Å². The first-order valence-corrected chi connectivity index (χ1v) is 6.46. The highest BCUT2D eigenvalue weighted by Gasteiger charge is 2.17. The van der Waals surface area contributed by atoms with Crippen LogP contribution in [-0.4, -0.2) is 34.7 Å². The van der Waals surface area contributed by atoms with Crippen LogP contribution in [0.15, 0.2) is 36.5 Å². The van der Waals surface area contributed by atoms with Gasteiger partial charge in [-0.1, -0.05) is 12.1 Å². The third-order valence-electron chi connectivity index (χ3n) is 2.99. The van der Waals surface area contributed by atoms with E-state index in [0.29, 0.717) is 11.4 Å². The maximum Gasteiger partial charge on any atom is 0.272 e. The van der Waals surface area contributed by atoms with Crippen LogP contribution in [0.3, 0.4) is 0 Å². The molecule has 0 saturated heterocycles. The standard InChI is InChI=1S/C14H17N5O2/c1-9(13(20)16-2)17-14(21)11-7-8-19(18-11)12-6-4-3-5-10(12)15/h3-9H,15H2,1-2H3,(H,16,20)(H,17,21). The molecule has 1 unspecified atom stereocenters. The fourth-order valence-electron chi connectivity index (χ4n) is 1.83. The molecule has 2 aromatic rings. The van der Waals surface area contributed by atoms with Crippen LogP contribution >= 0.6 is 0 Å². The molecule has 7 nitrogen and oxygen atoms in total. The van der Waals surface area contributed by atoms with Crippen LogP contribution in [0.2, 0.25) is 0 Å². The largest absolute Gasteiger partial charge is 0.397 e. The summed E-state index contributed by atoms with van der Waals surface area (Å²) in [6.45, 7) is 1.60. The van der Waals surface area contributed by atoms with Gasteiger partial charge >= 0.3 is 0 Å². The third-order valence-corrected chi connectivity index (χ3v) is 2.99. The molecule has 1 atom stereocenters. The summed E-state index contributed by atoms with van der Waals surface area (Å²) < 4.78 is 1.52. The number of anilines is 1. The first-order chi connectivity index (χ1) is 10.0. The van der Waals surface area contributed by atoms with Crippen molar-refractivity contribution in [1.29, 1.82) is 0 Å². The van der Waals surface area contributed by atoms with Gasteiger partial charge in [0.25, 0.3) is 5.91 Å². The molecule has 0 fully saturated rings. The summed E-state index contributed by atoms with van der Waals surface area (Å²) in [5, 5.41) is 9.20. The van der Waals surface area contributed by atoms with Crippen LogP contribution in [-0.2, 0) is 4.79 Å². The lowest BCUT2D eigenvalue weighted by molar-refractivity contribution is -0.122. The van der Waals surface area contributed by atoms with E-state index in [9.17, 15) is 9.59 Å². The van der Waals surface area contributed by atoms with Crippen LogP contribution in [0.1, 0.15) is 17.4 Å². The van der Waals surface area contributed by atoms with E-state index in [1.165, 1.54) is 11.7 Å². The van der Waals surface area contributed by atoms with Crippen molar-refractivity contribution < 1.29 is 9.59 Å². The summed E-state index contributed by atoms with van der Waals surface area (Å²) in [7, 11) is 1.51. The molecular weight excluding hydrogens is 270 g/mol. The van der Waals surface area contributed by atoms with Gasteiger partial charge in [-0.25, -0.2) is 4.68 Å². The fraction of sp³-hybridized carbons (Fsp3) is 0.214. The average Bonchev–Trinajstić information content (AvgIpc) is 2.96. The van der Waals surface area contributed by atoms with E-state index >= 15 is 0 Å². The maximum atomic E-state index is 12.0. The maximum absolute atomic E-state index is 12.0. The quantitative estimate of drug-likeness (QED) is 0.705. The van der Waals surface area contributed by atoms with Crippen molar-refractivity contribution in [1.82, 2.24) is 20.4 Å². The monoisotopic (exact) mass is 287 g/mol. The molecule has 0 aliphatic carbocycles. The lowest BCUT2D eigenvalue weighted by atomic mass is 10.3. The van der Waals surface area contributed by atoms with Gasteiger partial charge in [0.15, 0.2) is 5.69 Å². The van der Waals surface area contributed by atoms with Crippen molar-refractivity contribution in [2.45, 2.75) is 13.0 Å². The predicted octanol–water partition coefficient (Wildman–Crippen LogP) is 0.319. The number of para-hydroxylation sites is 2. The smallest absolute Gasteiger partial charge is 0.272 e. The number of amides is 2. The van der Waals surface area contributed by atoms with Gasteiger partial charge < -0.3 is 16.4 Å². The van der Waals surface area contributed by atoms with Crippen molar-refractivity contribution in [3.05, 3.63) is 42.2 Å². The predicted molar refractivity (Wildman–Crippen MR) is 79.0 cm³/mol. The summed E-state index contributed by atoms with van der Waals surface area (Å²) in [5.41, 5.74) is 7.33. The Labute approximate surface area is 122 Å². The summed E-state index contributed by atoms with van der Waals surface area (Å²) in [4.78, 5) is 23.4. The normalized spacial score (nSPS) is 11.7. The number of nitrogen functional groups attached to an aromatic ring is 1. The number of likely N-dealkylation sites (N-methyl/N-ethyl adjacent to an activating group) is 1. The Morgan fingerprint density at radius 2 is 2.00 bits per heavy atom. The molecule has 7 heteroatoms. The molecule has 110 valence electrons. The van der Waals surface area contributed by atoms with Gasteiger partial charge in [-0.05, 0) is 25.1 Å². The molecular formula is C14H17N5O2. The van der Waals surface area contributed by atoms with Gasteiger partial charge in [0.2, 0.25) is 5.91 Å². The SMILES string of the molecule is CNC(=O)C(C)NC(=O)c1ccn(-c2ccccc2N)n1. The number of hydrogen-bond acceptors (Lipinski definition) is 4. The molecule has 0 saturated carbocycles. The molecule has 2 amide bonds. The molecule has 4 N–H and O–H groups in total. The number of rotatable bonds is 4. The molecule has 1 aromatic carbocycles. The molecule has 0 bridgehead atoms. The van der Waals surface area contributed by atoms with Gasteiger partial charge in [0.1, 0.15) is 6.04 Å². The molecule has 21 heavy (non-hydrogen) atoms. The minimum Gasteiger partial charge on any atom is -0.397 e. The fourth-order valence-corrected chi connectivity index (χ4v) is 1.83. The molecule has 1 heterocycles. The topological polar surface area (TPSA) is 102 Å². The molecule has 2 rings (SSSR count). The second-order valence-corrected chi connectivity index (χ2v) is 4.51. The zero-order valence-electron chi connectivity index (χ0n) is 11.8. The van der Waals surface area contributed by atoms with Crippen molar-refractivity contribution in [2.24, 2.45) is 0 Å². The number of carbonyl (C=O) groups is 2. The molecule has 1 aromatic heterocycles. The third kappa shape index (κ3) is 3.19. The van der Waals surface area contributed by atoms with E-state index < -0.39 is 11.9 Å². The Morgan fingerprint density at radius 3 is 2.67 bits per heavy atom. The zero-order chi connectivity index (χ0) is 15.4. The zero-order valence-corrected chi connectivity index (χ0v) is 11.8. The van der Waals surface area contributed by atoms with Gasteiger partial charge in [-0.15, -0.1) is 0 Å². The van der Waals surface area contributed by atoms with Crippen molar-refractivity contribution in [3.8, 4) is 5.69 Å². The van der Waals surface area contributed by atoms with Gasteiger partial charge in [0.05, 0.1) is 11.4 Å². The molecule has 0 aliphatic heterocycles. The van der Waals surface area contributed by atoms with Crippen LogP contribution in [0.4, 0.5) is 5.69 Å². The Bertz CT molecular complexity index is 665. The minimum atomic E-state index is -0.630. The molecule has 0 radical (unpaired) electrons. The summed E-state index contributed by atoms with van der Waals surface area (Å²) in [5.74, 6) is -0.686. The Balaban J connectivity index is 2.15. The average molecular weight is 287 g/mol. The summed E-state index contributed by atoms with van der Waals surface area (Å²) in [6.07, 6.45) is 1.64. The lowest BCUT2D eigenvalue weighted by Crippen LogP contribution is -2.43. The highest BCUT2D eigenvalue weighted by molar-refractivity contribution is 5.95. The number of carbonyl (C=O) groups excluding carboxylic acids is 2. The number of benzene rings is 1. The number of hydrogen-bond donors (Lipinski definition) is 3. The van der Waals surface area contributed by atoms with Crippen molar-refractivity contribution in [3.63, 3.8) is 0 Å². The van der Waals surface area contributed by atoms with Crippen LogP contribution < -0.4 is 16.4 Å². The second-order valence-electron chi connectivity index (χ2n) is 4.51. The number of nitrogens with two attached hydrogens (primary N) is 1. The van der Waals surface area contributed by atoms with Crippen molar-refractivity contribution in [2.75, 3.05) is 12.8 Å². The van der Waals surface area contributed by atoms with Crippen LogP contribution in [0.25, 0.3) is 5.69 Å². The van der Waals surface area contributed by atoms with Gasteiger partial charge in [-0.3, -0.25) is 9.59 Å².